The number of nitro groups is 1. The van der Waals surface area contributed by atoms with Crippen LogP contribution < -0.4 is 10.6 Å². The summed E-state index contributed by atoms with van der Waals surface area (Å²) in [4.78, 5) is 45.8. The van der Waals surface area contributed by atoms with E-state index in [2.05, 4.69) is 10.6 Å². The third-order valence-corrected chi connectivity index (χ3v) is 3.51. The van der Waals surface area contributed by atoms with Crippen LogP contribution in [-0.2, 0) is 14.3 Å². The first-order valence-electron chi connectivity index (χ1n) is 8.04. The third-order valence-electron chi connectivity index (χ3n) is 3.51. The van der Waals surface area contributed by atoms with Gasteiger partial charge < -0.3 is 15.4 Å². The van der Waals surface area contributed by atoms with Gasteiger partial charge in [0.25, 0.3) is 17.5 Å². The lowest BCUT2D eigenvalue weighted by Gasteiger charge is -2.13. The second kappa shape index (κ2) is 9.21. The molecule has 2 aromatic carbocycles. The molecule has 0 spiro atoms. The predicted octanol–water partition coefficient (Wildman–Crippen LogP) is 2.03. The Balaban J connectivity index is 1.88. The topological polar surface area (TPSA) is 128 Å². The summed E-state index contributed by atoms with van der Waals surface area (Å²) in [5.41, 5.74) is -0.524. The Labute approximate surface area is 158 Å². The van der Waals surface area contributed by atoms with Gasteiger partial charge in [-0.1, -0.05) is 18.2 Å². The molecule has 2 aromatic rings. The van der Waals surface area contributed by atoms with Crippen molar-refractivity contribution in [3.05, 3.63) is 70.0 Å². The normalized spacial score (nSPS) is 11.2. The highest BCUT2D eigenvalue weighted by Crippen LogP contribution is 2.24. The molecular formula is C18H16FN3O6. The monoisotopic (exact) mass is 389 g/mol. The smallest absolute Gasteiger partial charge is 0.328 e. The van der Waals surface area contributed by atoms with Crippen LogP contribution in [0.1, 0.15) is 17.3 Å². The molecule has 0 fully saturated rings. The highest BCUT2D eigenvalue weighted by molar-refractivity contribution is 5.97. The minimum Gasteiger partial charge on any atom is -0.454 e. The van der Waals surface area contributed by atoms with Gasteiger partial charge in [0.15, 0.2) is 6.61 Å². The molecule has 0 radical (unpaired) electrons. The molecule has 2 amide bonds. The Morgan fingerprint density at radius 3 is 2.50 bits per heavy atom. The number of nitro benzene ring substituents is 1. The number of halogens is 1. The molecule has 2 N–H and O–H groups in total. The molecule has 0 aliphatic rings. The van der Waals surface area contributed by atoms with Crippen LogP contribution in [0, 0.1) is 15.9 Å². The summed E-state index contributed by atoms with van der Waals surface area (Å²) in [6.07, 6.45) is 0. The largest absolute Gasteiger partial charge is 0.454 e. The molecule has 0 unspecified atom stereocenters. The molecule has 2 rings (SSSR count). The number of rotatable bonds is 7. The van der Waals surface area contributed by atoms with Crippen molar-refractivity contribution in [1.29, 1.82) is 0 Å². The van der Waals surface area contributed by atoms with E-state index < -0.39 is 46.9 Å². The molecule has 146 valence electrons. The number of hydrogen-bond acceptors (Lipinski definition) is 6. The van der Waals surface area contributed by atoms with E-state index in [1.165, 1.54) is 6.92 Å². The summed E-state index contributed by atoms with van der Waals surface area (Å²) in [6, 6.07) is 9.79. The van der Waals surface area contributed by atoms with E-state index in [0.29, 0.717) is 11.6 Å². The first kappa shape index (κ1) is 20.5. The number of hydrogen-bond donors (Lipinski definition) is 2. The molecule has 28 heavy (non-hydrogen) atoms. The summed E-state index contributed by atoms with van der Waals surface area (Å²) >= 11 is 0. The molecule has 10 heteroatoms. The first-order valence-corrected chi connectivity index (χ1v) is 8.04. The van der Waals surface area contributed by atoms with Gasteiger partial charge in [0.2, 0.25) is 0 Å². The molecule has 0 saturated heterocycles. The minimum atomic E-state index is -1.03. The van der Waals surface area contributed by atoms with Crippen LogP contribution >= 0.6 is 0 Å². The average molecular weight is 389 g/mol. The van der Waals surface area contributed by atoms with Gasteiger partial charge in [0, 0.05) is 5.56 Å². The Kier molecular flexibility index (Phi) is 6.74. The average Bonchev–Trinajstić information content (AvgIpc) is 2.67. The first-order chi connectivity index (χ1) is 13.3. The van der Waals surface area contributed by atoms with Crippen LogP contribution in [0.3, 0.4) is 0 Å². The molecule has 0 aromatic heterocycles. The van der Waals surface area contributed by atoms with Crippen molar-refractivity contribution in [2.75, 3.05) is 11.9 Å². The SMILES string of the molecule is C[C@H](NC(=O)c1ccccc1)C(=O)OCC(=O)Nc1ccc(F)cc1[N+](=O)[O-]. The van der Waals surface area contributed by atoms with Gasteiger partial charge in [-0.3, -0.25) is 19.7 Å². The Hall–Kier alpha value is -3.82. The van der Waals surface area contributed by atoms with Gasteiger partial charge in [-0.25, -0.2) is 9.18 Å². The maximum Gasteiger partial charge on any atom is 0.328 e. The van der Waals surface area contributed by atoms with Gasteiger partial charge in [0.1, 0.15) is 17.5 Å². The van der Waals surface area contributed by atoms with E-state index in [-0.39, 0.29) is 5.69 Å². The maximum absolute atomic E-state index is 13.1. The second-order valence-electron chi connectivity index (χ2n) is 5.64. The molecule has 0 saturated carbocycles. The van der Waals surface area contributed by atoms with Crippen LogP contribution in [0.2, 0.25) is 0 Å². The van der Waals surface area contributed by atoms with Crippen molar-refractivity contribution in [2.24, 2.45) is 0 Å². The maximum atomic E-state index is 13.1. The van der Waals surface area contributed by atoms with Crippen molar-refractivity contribution < 1.29 is 28.4 Å². The quantitative estimate of drug-likeness (QED) is 0.424. The van der Waals surface area contributed by atoms with Gasteiger partial charge in [0.05, 0.1) is 11.0 Å². The van der Waals surface area contributed by atoms with Crippen LogP contribution in [0.25, 0.3) is 0 Å². The molecule has 0 heterocycles. The standard InChI is InChI=1S/C18H16FN3O6/c1-11(20-17(24)12-5-3-2-4-6-12)18(25)28-10-16(23)21-14-8-7-13(19)9-15(14)22(26)27/h2-9,11H,10H2,1H3,(H,20,24)(H,21,23)/t11-/m0/s1. The number of anilines is 1. The number of carbonyl (C=O) groups excluding carboxylic acids is 3. The number of benzene rings is 2. The van der Waals surface area contributed by atoms with Crippen molar-refractivity contribution >= 4 is 29.2 Å². The lowest BCUT2D eigenvalue weighted by molar-refractivity contribution is -0.384. The van der Waals surface area contributed by atoms with Crippen molar-refractivity contribution in [3.8, 4) is 0 Å². The fourth-order valence-electron chi connectivity index (χ4n) is 2.14. The number of nitrogens with one attached hydrogen (secondary N) is 2. The van der Waals surface area contributed by atoms with Gasteiger partial charge in [-0.2, -0.15) is 0 Å². The lowest BCUT2D eigenvalue weighted by atomic mass is 10.2. The van der Waals surface area contributed by atoms with Crippen LogP contribution in [0.15, 0.2) is 48.5 Å². The lowest BCUT2D eigenvalue weighted by Crippen LogP contribution is -2.40. The van der Waals surface area contributed by atoms with Gasteiger partial charge >= 0.3 is 5.97 Å². The molecular weight excluding hydrogens is 373 g/mol. The molecule has 1 atom stereocenters. The van der Waals surface area contributed by atoms with E-state index in [1.807, 2.05) is 0 Å². The highest BCUT2D eigenvalue weighted by Gasteiger charge is 2.21. The van der Waals surface area contributed by atoms with E-state index >= 15 is 0 Å². The molecule has 0 aliphatic carbocycles. The zero-order valence-electron chi connectivity index (χ0n) is 14.7. The zero-order chi connectivity index (χ0) is 20.7. The molecule has 9 nitrogen and oxygen atoms in total. The molecule has 0 aliphatic heterocycles. The van der Waals surface area contributed by atoms with Crippen molar-refractivity contribution in [2.45, 2.75) is 13.0 Å². The van der Waals surface area contributed by atoms with Crippen molar-refractivity contribution in [1.82, 2.24) is 5.32 Å². The Morgan fingerprint density at radius 1 is 1.18 bits per heavy atom. The Bertz CT molecular complexity index is 903. The summed E-state index contributed by atoms with van der Waals surface area (Å²) < 4.78 is 17.9. The second-order valence-corrected chi connectivity index (χ2v) is 5.64. The minimum absolute atomic E-state index is 0.238. The number of ether oxygens (including phenoxy) is 1. The summed E-state index contributed by atoms with van der Waals surface area (Å²) in [7, 11) is 0. The fourth-order valence-corrected chi connectivity index (χ4v) is 2.14. The van der Waals surface area contributed by atoms with Crippen LogP contribution in [-0.4, -0.2) is 35.4 Å². The van der Waals surface area contributed by atoms with Gasteiger partial charge in [-0.05, 0) is 31.2 Å². The number of carbonyl (C=O) groups is 3. The zero-order valence-corrected chi connectivity index (χ0v) is 14.7. The third kappa shape index (κ3) is 5.59. The van der Waals surface area contributed by atoms with E-state index in [9.17, 15) is 28.9 Å². The van der Waals surface area contributed by atoms with Gasteiger partial charge in [-0.15, -0.1) is 0 Å². The molecule has 0 bridgehead atoms. The number of esters is 1. The van der Waals surface area contributed by atoms with Crippen molar-refractivity contribution in [3.63, 3.8) is 0 Å². The highest BCUT2D eigenvalue weighted by atomic mass is 19.1. The number of nitrogens with zero attached hydrogens (tertiary/aromatic N) is 1. The van der Waals surface area contributed by atoms with E-state index in [0.717, 1.165) is 12.1 Å². The summed E-state index contributed by atoms with van der Waals surface area (Å²) in [5, 5.41) is 15.5. The Morgan fingerprint density at radius 2 is 1.86 bits per heavy atom. The predicted molar refractivity (Wildman–Crippen MR) is 96.0 cm³/mol. The fraction of sp³-hybridized carbons (Fsp3) is 0.167. The van der Waals surface area contributed by atoms with E-state index in [4.69, 9.17) is 4.74 Å². The van der Waals surface area contributed by atoms with Crippen LogP contribution in [0.4, 0.5) is 15.8 Å². The summed E-state index contributed by atoms with van der Waals surface area (Å²) in [5.74, 6) is -3.05. The van der Waals surface area contributed by atoms with E-state index in [1.54, 1.807) is 30.3 Å². The van der Waals surface area contributed by atoms with Crippen LogP contribution in [0.5, 0.6) is 0 Å². The summed E-state index contributed by atoms with van der Waals surface area (Å²) in [6.45, 7) is 0.644. The number of amides is 2.